The number of hydrogen-bond acceptors (Lipinski definition) is 5. The number of ether oxygens (including phenoxy) is 1. The van der Waals surface area contributed by atoms with E-state index in [-0.39, 0.29) is 5.69 Å². The molecule has 33 heavy (non-hydrogen) atoms. The van der Waals surface area contributed by atoms with Crippen molar-refractivity contribution in [3.8, 4) is 0 Å². The van der Waals surface area contributed by atoms with Crippen molar-refractivity contribution in [2.75, 3.05) is 17.2 Å². The summed E-state index contributed by atoms with van der Waals surface area (Å²) in [6.07, 6.45) is -0.960. The normalized spacial score (nSPS) is 18.5. The molecular formula is C21H24F3N5O4. The van der Waals surface area contributed by atoms with E-state index in [2.05, 4.69) is 15.7 Å². The number of halogens is 3. The Morgan fingerprint density at radius 3 is 2.70 bits per heavy atom. The van der Waals surface area contributed by atoms with Crippen LogP contribution in [0.15, 0.2) is 23.0 Å². The van der Waals surface area contributed by atoms with Crippen LogP contribution in [0.3, 0.4) is 0 Å². The molecule has 2 aliphatic heterocycles. The molecule has 1 saturated heterocycles. The van der Waals surface area contributed by atoms with Crippen molar-refractivity contribution in [2.45, 2.75) is 63.9 Å². The SMILES string of the molecule is O=C(Cn1nc2n(c1=O)CCCCC2)Nc1ccc(NC(=O)C2CCCO2)cc1C(F)(F)F. The van der Waals surface area contributed by atoms with Gasteiger partial charge in [0.25, 0.3) is 5.91 Å². The molecule has 3 heterocycles. The molecule has 12 heteroatoms. The average molecular weight is 467 g/mol. The summed E-state index contributed by atoms with van der Waals surface area (Å²) in [5.74, 6) is -0.754. The van der Waals surface area contributed by atoms with Gasteiger partial charge in [-0.2, -0.15) is 18.3 Å². The molecule has 9 nitrogen and oxygen atoms in total. The number of amides is 2. The molecule has 1 aromatic carbocycles. The van der Waals surface area contributed by atoms with Crippen molar-refractivity contribution >= 4 is 23.2 Å². The Morgan fingerprint density at radius 2 is 1.97 bits per heavy atom. The molecule has 1 unspecified atom stereocenters. The van der Waals surface area contributed by atoms with E-state index in [1.807, 2.05) is 0 Å². The fourth-order valence-corrected chi connectivity index (χ4v) is 4.03. The Hall–Kier alpha value is -3.15. The number of carbonyl (C=O) groups excluding carboxylic acids is 2. The number of rotatable bonds is 5. The Balaban J connectivity index is 1.49. The van der Waals surface area contributed by atoms with Crippen LogP contribution in [0.2, 0.25) is 0 Å². The molecule has 1 aromatic heterocycles. The van der Waals surface area contributed by atoms with E-state index in [9.17, 15) is 27.6 Å². The predicted octanol–water partition coefficient (Wildman–Crippen LogP) is 2.55. The quantitative estimate of drug-likeness (QED) is 0.703. The van der Waals surface area contributed by atoms with Gasteiger partial charge in [0.1, 0.15) is 18.5 Å². The van der Waals surface area contributed by atoms with Gasteiger partial charge in [-0.3, -0.25) is 14.2 Å². The van der Waals surface area contributed by atoms with E-state index in [4.69, 9.17) is 4.74 Å². The summed E-state index contributed by atoms with van der Waals surface area (Å²) in [4.78, 5) is 37.1. The molecule has 0 spiro atoms. The molecule has 2 aliphatic rings. The van der Waals surface area contributed by atoms with Crippen LogP contribution in [0.4, 0.5) is 24.5 Å². The third-order valence-electron chi connectivity index (χ3n) is 5.66. The van der Waals surface area contributed by atoms with Gasteiger partial charge in [-0.1, -0.05) is 6.42 Å². The summed E-state index contributed by atoms with van der Waals surface area (Å²) in [5.41, 5.74) is -2.11. The fourth-order valence-electron chi connectivity index (χ4n) is 4.03. The second-order valence-electron chi connectivity index (χ2n) is 8.12. The first-order valence-electron chi connectivity index (χ1n) is 10.8. The van der Waals surface area contributed by atoms with Gasteiger partial charge in [0.15, 0.2) is 0 Å². The van der Waals surface area contributed by atoms with Crippen LogP contribution in [0.1, 0.15) is 43.5 Å². The number of anilines is 2. The Kier molecular flexibility index (Phi) is 6.54. The van der Waals surface area contributed by atoms with Crippen LogP contribution in [0, 0.1) is 0 Å². The van der Waals surface area contributed by atoms with Crippen molar-refractivity contribution < 1.29 is 27.5 Å². The molecule has 1 atom stereocenters. The second kappa shape index (κ2) is 9.38. The number of nitrogens with one attached hydrogen (secondary N) is 2. The Bertz CT molecular complexity index is 1100. The molecule has 2 aromatic rings. The van der Waals surface area contributed by atoms with E-state index >= 15 is 0 Å². The standard InChI is InChI=1S/C21H24F3N5O4/c22-21(23,24)14-11-13(25-19(31)16-5-4-10-33-16)7-8-15(14)26-18(30)12-29-20(32)28-9-3-1-2-6-17(28)27-29/h7-8,11,16H,1-6,9-10,12H2,(H,25,31)(H,26,30). The highest BCUT2D eigenvalue weighted by molar-refractivity contribution is 5.95. The van der Waals surface area contributed by atoms with Crippen LogP contribution in [-0.4, -0.2) is 38.9 Å². The van der Waals surface area contributed by atoms with Crippen molar-refractivity contribution in [1.82, 2.24) is 14.3 Å². The summed E-state index contributed by atoms with van der Waals surface area (Å²) < 4.78 is 48.6. The zero-order chi connectivity index (χ0) is 23.6. The highest BCUT2D eigenvalue weighted by Crippen LogP contribution is 2.36. The number of benzene rings is 1. The summed E-state index contributed by atoms with van der Waals surface area (Å²) in [5, 5.41) is 8.81. The molecule has 178 valence electrons. The third-order valence-corrected chi connectivity index (χ3v) is 5.66. The van der Waals surface area contributed by atoms with Crippen molar-refractivity contribution in [3.05, 3.63) is 40.1 Å². The Morgan fingerprint density at radius 1 is 1.15 bits per heavy atom. The monoisotopic (exact) mass is 467 g/mol. The van der Waals surface area contributed by atoms with Gasteiger partial charge in [0, 0.05) is 25.3 Å². The van der Waals surface area contributed by atoms with Gasteiger partial charge < -0.3 is 15.4 Å². The Labute approximate surface area is 186 Å². The first-order valence-corrected chi connectivity index (χ1v) is 10.8. The fraction of sp³-hybridized carbons (Fsp3) is 0.524. The molecular weight excluding hydrogens is 443 g/mol. The average Bonchev–Trinajstić information content (AvgIpc) is 3.32. The highest BCUT2D eigenvalue weighted by atomic mass is 19.4. The predicted molar refractivity (Wildman–Crippen MR) is 112 cm³/mol. The van der Waals surface area contributed by atoms with Crippen molar-refractivity contribution in [2.24, 2.45) is 0 Å². The van der Waals surface area contributed by atoms with E-state index in [0.29, 0.717) is 38.2 Å². The topological polar surface area (TPSA) is 107 Å². The van der Waals surface area contributed by atoms with Crippen LogP contribution in [0.25, 0.3) is 0 Å². The molecule has 0 bridgehead atoms. The number of aryl methyl sites for hydroxylation is 1. The lowest BCUT2D eigenvalue weighted by atomic mass is 10.1. The molecule has 1 fully saturated rings. The molecule has 2 N–H and O–H groups in total. The number of nitrogens with zero attached hydrogens (tertiary/aromatic N) is 3. The minimum absolute atomic E-state index is 0.0603. The number of aromatic nitrogens is 3. The molecule has 0 radical (unpaired) electrons. The lowest BCUT2D eigenvalue weighted by molar-refractivity contribution is -0.137. The minimum atomic E-state index is -4.78. The van der Waals surface area contributed by atoms with Crippen molar-refractivity contribution in [3.63, 3.8) is 0 Å². The number of carbonyl (C=O) groups is 2. The molecule has 0 saturated carbocycles. The van der Waals surface area contributed by atoms with E-state index in [1.165, 1.54) is 10.6 Å². The molecule has 0 aliphatic carbocycles. The number of fused-ring (bicyclic) bond motifs is 1. The number of hydrogen-bond donors (Lipinski definition) is 2. The van der Waals surface area contributed by atoms with Crippen LogP contribution in [0.5, 0.6) is 0 Å². The maximum Gasteiger partial charge on any atom is 0.418 e. The zero-order valence-electron chi connectivity index (χ0n) is 17.8. The van der Waals surface area contributed by atoms with Crippen LogP contribution >= 0.6 is 0 Å². The van der Waals surface area contributed by atoms with E-state index in [0.717, 1.165) is 36.1 Å². The van der Waals surface area contributed by atoms with Gasteiger partial charge in [-0.15, -0.1) is 0 Å². The third kappa shape index (κ3) is 5.27. The maximum atomic E-state index is 13.6. The maximum absolute atomic E-state index is 13.6. The van der Waals surface area contributed by atoms with E-state index < -0.39 is 47.6 Å². The van der Waals surface area contributed by atoms with Gasteiger partial charge in [-0.25, -0.2) is 9.48 Å². The van der Waals surface area contributed by atoms with Crippen molar-refractivity contribution in [1.29, 1.82) is 0 Å². The van der Waals surface area contributed by atoms with E-state index in [1.54, 1.807) is 0 Å². The van der Waals surface area contributed by atoms with Gasteiger partial charge in [-0.05, 0) is 43.9 Å². The minimum Gasteiger partial charge on any atom is -0.368 e. The summed E-state index contributed by atoms with van der Waals surface area (Å²) in [7, 11) is 0. The lowest BCUT2D eigenvalue weighted by Crippen LogP contribution is -2.30. The van der Waals surface area contributed by atoms with Crippen LogP contribution in [-0.2, 0) is 40.0 Å². The highest BCUT2D eigenvalue weighted by Gasteiger charge is 2.35. The summed E-state index contributed by atoms with van der Waals surface area (Å²) in [6.45, 7) is 0.431. The first-order chi connectivity index (χ1) is 15.7. The van der Waals surface area contributed by atoms with Gasteiger partial charge >= 0.3 is 11.9 Å². The summed E-state index contributed by atoms with van der Waals surface area (Å²) in [6, 6.07) is 3.09. The number of alkyl halides is 3. The molecule has 2 amide bonds. The van der Waals surface area contributed by atoms with Gasteiger partial charge in [0.2, 0.25) is 5.91 Å². The van der Waals surface area contributed by atoms with Gasteiger partial charge in [0.05, 0.1) is 11.3 Å². The van der Waals surface area contributed by atoms with Crippen LogP contribution < -0.4 is 16.3 Å². The first kappa shape index (κ1) is 23.0. The second-order valence-corrected chi connectivity index (χ2v) is 8.12. The summed E-state index contributed by atoms with van der Waals surface area (Å²) >= 11 is 0. The smallest absolute Gasteiger partial charge is 0.368 e. The zero-order valence-corrected chi connectivity index (χ0v) is 17.8. The molecule has 4 rings (SSSR count). The lowest BCUT2D eigenvalue weighted by Gasteiger charge is -2.16. The largest absolute Gasteiger partial charge is 0.418 e.